The first-order chi connectivity index (χ1) is 8.72. The molecule has 1 aliphatic rings. The third-order valence-corrected chi connectivity index (χ3v) is 4.11. The molecule has 1 aromatic heterocycles. The van der Waals surface area contributed by atoms with Crippen molar-refractivity contribution in [3.05, 3.63) is 30.1 Å². The molecule has 3 unspecified atom stereocenters. The number of piperidine rings is 1. The minimum atomic E-state index is 0.491. The van der Waals surface area contributed by atoms with Gasteiger partial charge in [0.1, 0.15) is 0 Å². The van der Waals surface area contributed by atoms with Crippen molar-refractivity contribution in [1.29, 1.82) is 0 Å². The van der Waals surface area contributed by atoms with Gasteiger partial charge in [-0.3, -0.25) is 9.88 Å². The molecule has 1 saturated heterocycles. The van der Waals surface area contributed by atoms with Gasteiger partial charge in [-0.05, 0) is 50.9 Å². The first kappa shape index (κ1) is 13.5. The lowest BCUT2D eigenvalue weighted by Crippen LogP contribution is -2.48. The van der Waals surface area contributed by atoms with Gasteiger partial charge in [-0.2, -0.15) is 0 Å². The van der Waals surface area contributed by atoms with Crippen molar-refractivity contribution in [3.63, 3.8) is 0 Å². The molecular weight excluding hydrogens is 222 g/mol. The summed E-state index contributed by atoms with van der Waals surface area (Å²) < 4.78 is 0. The van der Waals surface area contributed by atoms with Gasteiger partial charge in [0.2, 0.25) is 0 Å². The van der Waals surface area contributed by atoms with Crippen molar-refractivity contribution in [3.8, 4) is 0 Å². The summed E-state index contributed by atoms with van der Waals surface area (Å²) in [7, 11) is 0. The predicted octanol–water partition coefficient (Wildman–Crippen LogP) is 2.61. The molecule has 1 fully saturated rings. The molecule has 18 heavy (non-hydrogen) atoms. The first-order valence-electron chi connectivity index (χ1n) is 7.11. The average Bonchev–Trinajstić information content (AvgIpc) is 2.40. The zero-order valence-corrected chi connectivity index (χ0v) is 11.8. The van der Waals surface area contributed by atoms with Crippen molar-refractivity contribution in [2.45, 2.75) is 51.7 Å². The summed E-state index contributed by atoms with van der Waals surface area (Å²) in [5, 5.41) is 3.58. The summed E-state index contributed by atoms with van der Waals surface area (Å²) >= 11 is 0. The summed E-state index contributed by atoms with van der Waals surface area (Å²) in [6.07, 6.45) is 6.29. The van der Waals surface area contributed by atoms with Gasteiger partial charge in [0.05, 0.1) is 0 Å². The maximum atomic E-state index is 4.10. The maximum absolute atomic E-state index is 4.10. The first-order valence-corrected chi connectivity index (χ1v) is 7.11. The number of nitrogens with one attached hydrogen (secondary N) is 1. The summed E-state index contributed by atoms with van der Waals surface area (Å²) in [5.41, 5.74) is 1.37. The Kier molecular flexibility index (Phi) is 4.72. The molecule has 2 rings (SSSR count). The van der Waals surface area contributed by atoms with Gasteiger partial charge in [0.25, 0.3) is 0 Å². The van der Waals surface area contributed by atoms with E-state index in [1.807, 2.05) is 12.4 Å². The molecule has 100 valence electrons. The van der Waals surface area contributed by atoms with Gasteiger partial charge in [-0.15, -0.1) is 0 Å². The smallest absolute Gasteiger partial charge is 0.0323 e. The van der Waals surface area contributed by atoms with Crippen LogP contribution in [0.1, 0.15) is 45.2 Å². The van der Waals surface area contributed by atoms with E-state index in [0.29, 0.717) is 18.1 Å². The number of rotatable bonds is 4. The Hall–Kier alpha value is -0.930. The fraction of sp³-hybridized carbons (Fsp3) is 0.667. The second kappa shape index (κ2) is 6.30. The maximum Gasteiger partial charge on any atom is 0.0323 e. The summed E-state index contributed by atoms with van der Waals surface area (Å²) in [4.78, 5) is 6.71. The van der Waals surface area contributed by atoms with Crippen LogP contribution in [0.3, 0.4) is 0 Å². The summed E-state index contributed by atoms with van der Waals surface area (Å²) in [5.74, 6) is 0. The van der Waals surface area contributed by atoms with Crippen LogP contribution in [0.4, 0.5) is 0 Å². The fourth-order valence-corrected chi connectivity index (χ4v) is 3.07. The molecule has 0 spiro atoms. The highest BCUT2D eigenvalue weighted by Gasteiger charge is 2.28. The van der Waals surface area contributed by atoms with E-state index in [1.165, 1.54) is 24.9 Å². The number of nitrogens with zero attached hydrogens (tertiary/aromatic N) is 2. The van der Waals surface area contributed by atoms with E-state index >= 15 is 0 Å². The quantitative estimate of drug-likeness (QED) is 0.886. The Morgan fingerprint density at radius 2 is 2.17 bits per heavy atom. The fourth-order valence-electron chi connectivity index (χ4n) is 3.07. The second-order valence-electron chi connectivity index (χ2n) is 5.32. The summed E-state index contributed by atoms with van der Waals surface area (Å²) in [6, 6.07) is 6.10. The van der Waals surface area contributed by atoms with Gasteiger partial charge in [0.15, 0.2) is 0 Å². The van der Waals surface area contributed by atoms with E-state index in [-0.39, 0.29) is 0 Å². The standard InChI is InChI=1S/C15H25N3/c1-4-17-15-7-10-18(12(2)11-15)13(3)14-5-8-16-9-6-14/h5-6,8-9,12-13,15,17H,4,7,10-11H2,1-3H3. The highest BCUT2D eigenvalue weighted by atomic mass is 15.2. The molecule has 1 aromatic rings. The Bertz CT molecular complexity index is 352. The number of pyridine rings is 1. The van der Waals surface area contributed by atoms with Crippen molar-refractivity contribution < 1.29 is 0 Å². The van der Waals surface area contributed by atoms with Gasteiger partial charge in [-0.1, -0.05) is 6.92 Å². The molecule has 0 radical (unpaired) electrons. The average molecular weight is 247 g/mol. The van der Waals surface area contributed by atoms with Gasteiger partial charge in [0, 0.05) is 37.1 Å². The normalized spacial score (nSPS) is 27.1. The molecular formula is C15H25N3. The van der Waals surface area contributed by atoms with Crippen molar-refractivity contribution in [2.24, 2.45) is 0 Å². The molecule has 3 nitrogen and oxygen atoms in total. The molecule has 3 heteroatoms. The number of hydrogen-bond acceptors (Lipinski definition) is 3. The molecule has 1 aliphatic heterocycles. The zero-order chi connectivity index (χ0) is 13.0. The zero-order valence-electron chi connectivity index (χ0n) is 11.8. The molecule has 0 saturated carbocycles. The highest BCUT2D eigenvalue weighted by molar-refractivity contribution is 5.14. The van der Waals surface area contributed by atoms with Crippen molar-refractivity contribution in [1.82, 2.24) is 15.2 Å². The van der Waals surface area contributed by atoms with Crippen LogP contribution in [0.25, 0.3) is 0 Å². The number of hydrogen-bond donors (Lipinski definition) is 1. The Balaban J connectivity index is 1.98. The third kappa shape index (κ3) is 3.09. The van der Waals surface area contributed by atoms with Crippen molar-refractivity contribution >= 4 is 0 Å². The largest absolute Gasteiger partial charge is 0.314 e. The topological polar surface area (TPSA) is 28.2 Å². The molecule has 3 atom stereocenters. The van der Waals surface area contributed by atoms with E-state index in [4.69, 9.17) is 0 Å². The SMILES string of the molecule is CCNC1CCN(C(C)c2ccncc2)C(C)C1. The molecule has 2 heterocycles. The lowest BCUT2D eigenvalue weighted by Gasteiger charge is -2.41. The van der Waals surface area contributed by atoms with Gasteiger partial charge < -0.3 is 5.32 Å². The lowest BCUT2D eigenvalue weighted by molar-refractivity contribution is 0.0959. The van der Waals surface area contributed by atoms with E-state index in [0.717, 1.165) is 6.54 Å². The lowest BCUT2D eigenvalue weighted by atomic mass is 9.95. The second-order valence-corrected chi connectivity index (χ2v) is 5.32. The van der Waals surface area contributed by atoms with E-state index in [2.05, 4.69) is 48.1 Å². The predicted molar refractivity (Wildman–Crippen MR) is 75.5 cm³/mol. The van der Waals surface area contributed by atoms with Gasteiger partial charge in [-0.25, -0.2) is 0 Å². The van der Waals surface area contributed by atoms with Crippen LogP contribution in [0.5, 0.6) is 0 Å². The van der Waals surface area contributed by atoms with E-state index in [1.54, 1.807) is 0 Å². The van der Waals surface area contributed by atoms with E-state index < -0.39 is 0 Å². The molecule has 0 bridgehead atoms. The molecule has 0 aromatic carbocycles. The Labute approximate surface area is 111 Å². The van der Waals surface area contributed by atoms with Crippen molar-refractivity contribution in [2.75, 3.05) is 13.1 Å². The van der Waals surface area contributed by atoms with Crippen LogP contribution >= 0.6 is 0 Å². The van der Waals surface area contributed by atoms with Crippen LogP contribution in [-0.4, -0.2) is 35.1 Å². The van der Waals surface area contributed by atoms with Crippen LogP contribution in [0.2, 0.25) is 0 Å². The minimum absolute atomic E-state index is 0.491. The minimum Gasteiger partial charge on any atom is -0.314 e. The van der Waals surface area contributed by atoms with Crippen LogP contribution in [-0.2, 0) is 0 Å². The van der Waals surface area contributed by atoms with Crippen LogP contribution in [0, 0.1) is 0 Å². The molecule has 0 aliphatic carbocycles. The Morgan fingerprint density at radius 1 is 1.44 bits per heavy atom. The highest BCUT2D eigenvalue weighted by Crippen LogP contribution is 2.27. The van der Waals surface area contributed by atoms with Crippen LogP contribution < -0.4 is 5.32 Å². The monoisotopic (exact) mass is 247 g/mol. The van der Waals surface area contributed by atoms with E-state index in [9.17, 15) is 0 Å². The molecule has 0 amide bonds. The Morgan fingerprint density at radius 3 is 2.78 bits per heavy atom. The molecule has 1 N–H and O–H groups in total. The third-order valence-electron chi connectivity index (χ3n) is 4.11. The number of aromatic nitrogens is 1. The summed E-state index contributed by atoms with van der Waals surface area (Å²) in [6.45, 7) is 9.11. The van der Waals surface area contributed by atoms with Crippen LogP contribution in [0.15, 0.2) is 24.5 Å². The number of likely N-dealkylation sites (tertiary alicyclic amines) is 1. The van der Waals surface area contributed by atoms with Gasteiger partial charge >= 0.3 is 0 Å².